The van der Waals surface area contributed by atoms with Crippen LogP contribution < -0.4 is 0 Å². The highest BCUT2D eigenvalue weighted by Crippen LogP contribution is 2.62. The molecule has 184 valence electrons. The van der Waals surface area contributed by atoms with Gasteiger partial charge in [-0.3, -0.25) is 14.4 Å². The molecule has 0 aromatic heterocycles. The third-order valence-corrected chi connectivity index (χ3v) is 8.52. The number of ether oxygens (including phenoxy) is 1. The lowest BCUT2D eigenvalue weighted by Crippen LogP contribution is -2.57. The van der Waals surface area contributed by atoms with Gasteiger partial charge in [-0.1, -0.05) is 32.9 Å². The number of aliphatic hydroxyl groups excluding tert-OH is 2. The van der Waals surface area contributed by atoms with E-state index < -0.39 is 35.3 Å². The predicted molar refractivity (Wildman–Crippen MR) is 122 cm³/mol. The first kappa shape index (κ1) is 25.8. The van der Waals surface area contributed by atoms with Gasteiger partial charge >= 0.3 is 5.97 Å². The van der Waals surface area contributed by atoms with Crippen molar-refractivity contribution in [3.05, 3.63) is 23.8 Å². The van der Waals surface area contributed by atoms with Gasteiger partial charge in [0.05, 0.1) is 18.6 Å². The first-order valence-electron chi connectivity index (χ1n) is 11.9. The van der Waals surface area contributed by atoms with E-state index in [4.69, 9.17) is 4.74 Å². The molecule has 3 N–H and O–H groups in total. The summed E-state index contributed by atoms with van der Waals surface area (Å²) in [7, 11) is 0. The number of rotatable bonds is 6. The molecule has 0 aromatic rings. The molecule has 0 saturated heterocycles. The van der Waals surface area contributed by atoms with E-state index in [2.05, 4.69) is 27.4 Å². The van der Waals surface area contributed by atoms with Crippen molar-refractivity contribution in [2.75, 3.05) is 6.61 Å². The van der Waals surface area contributed by atoms with E-state index in [1.165, 1.54) is 6.92 Å². The van der Waals surface area contributed by atoms with Crippen molar-refractivity contribution in [2.45, 2.75) is 90.4 Å². The molecule has 2 fully saturated rings. The zero-order chi connectivity index (χ0) is 24.8. The predicted octanol–water partition coefficient (Wildman–Crippen LogP) is 2.66. The van der Waals surface area contributed by atoms with Crippen LogP contribution >= 0.6 is 0 Å². The van der Waals surface area contributed by atoms with Crippen LogP contribution in [0.2, 0.25) is 0 Å². The molecular formula is C26H38O7. The molecule has 0 heterocycles. The minimum absolute atomic E-state index is 0.0529. The van der Waals surface area contributed by atoms with Crippen LogP contribution in [0.5, 0.6) is 0 Å². The summed E-state index contributed by atoms with van der Waals surface area (Å²) in [5.41, 5.74) is -1.32. The average molecular weight is 463 g/mol. The second-order valence-corrected chi connectivity index (χ2v) is 11.3. The molecule has 7 heteroatoms. The molecule has 0 unspecified atom stereocenters. The fourth-order valence-corrected chi connectivity index (χ4v) is 6.47. The maximum absolute atomic E-state index is 13.0. The standard InChI is InChI=1S/C26H38O7/c1-15-6-7-20-24(3,4)21(29)8-9-25(20,5)18(15)12-26(32)13-19(28)17(11-22(26)30)14-33-23(31)10-16(2)27/h11,16,18,20-21,27,29,32H,1,6-10,12-14H2,2-5H3/t16-,18-,20-,21+,25+,26-/m0/s1. The Bertz CT molecular complexity index is 870. The van der Waals surface area contributed by atoms with E-state index >= 15 is 0 Å². The monoisotopic (exact) mass is 462 g/mol. The Morgan fingerprint density at radius 1 is 1.27 bits per heavy atom. The number of allylic oxidation sites excluding steroid dienone is 1. The zero-order valence-electron chi connectivity index (χ0n) is 20.2. The summed E-state index contributed by atoms with van der Waals surface area (Å²) in [6.45, 7) is 11.7. The Balaban J connectivity index is 1.79. The maximum Gasteiger partial charge on any atom is 0.308 e. The maximum atomic E-state index is 13.0. The van der Waals surface area contributed by atoms with Crippen molar-refractivity contribution in [1.82, 2.24) is 0 Å². The third-order valence-electron chi connectivity index (χ3n) is 8.52. The molecule has 2 saturated carbocycles. The highest BCUT2D eigenvalue weighted by molar-refractivity contribution is 6.12. The first-order chi connectivity index (χ1) is 15.2. The van der Waals surface area contributed by atoms with Gasteiger partial charge in [0.1, 0.15) is 12.2 Å². The number of aliphatic hydroxyl groups is 3. The van der Waals surface area contributed by atoms with Crippen LogP contribution in [0.25, 0.3) is 0 Å². The molecule has 33 heavy (non-hydrogen) atoms. The molecule has 7 nitrogen and oxygen atoms in total. The van der Waals surface area contributed by atoms with Crippen molar-refractivity contribution in [1.29, 1.82) is 0 Å². The number of esters is 1. The lowest BCUT2D eigenvalue weighted by atomic mass is 9.45. The lowest BCUT2D eigenvalue weighted by Gasteiger charge is -2.60. The van der Waals surface area contributed by atoms with Gasteiger partial charge in [0.25, 0.3) is 0 Å². The fourth-order valence-electron chi connectivity index (χ4n) is 6.47. The molecular weight excluding hydrogens is 424 g/mol. The van der Waals surface area contributed by atoms with Crippen molar-refractivity contribution < 1.29 is 34.4 Å². The van der Waals surface area contributed by atoms with Gasteiger partial charge in [0.2, 0.25) is 0 Å². The molecule has 3 rings (SSSR count). The Labute approximate surface area is 195 Å². The van der Waals surface area contributed by atoms with Gasteiger partial charge < -0.3 is 20.1 Å². The highest BCUT2D eigenvalue weighted by atomic mass is 16.5. The van der Waals surface area contributed by atoms with Gasteiger partial charge in [0, 0.05) is 12.0 Å². The number of hydrogen-bond acceptors (Lipinski definition) is 7. The number of Topliss-reactive ketones (excluding diaryl/α,β-unsaturated/α-hetero) is 1. The summed E-state index contributed by atoms with van der Waals surface area (Å²) in [5, 5.41) is 31.2. The summed E-state index contributed by atoms with van der Waals surface area (Å²) in [6.07, 6.45) is 2.48. The van der Waals surface area contributed by atoms with Crippen LogP contribution in [-0.4, -0.2) is 57.3 Å². The Hall–Kier alpha value is -1.83. The third kappa shape index (κ3) is 4.86. The van der Waals surface area contributed by atoms with Crippen LogP contribution in [-0.2, 0) is 19.1 Å². The van der Waals surface area contributed by atoms with Crippen molar-refractivity contribution in [3.8, 4) is 0 Å². The van der Waals surface area contributed by atoms with Gasteiger partial charge in [0.15, 0.2) is 11.6 Å². The average Bonchev–Trinajstić information content (AvgIpc) is 2.69. The van der Waals surface area contributed by atoms with E-state index in [1.807, 2.05) is 0 Å². The Kier molecular flexibility index (Phi) is 7.10. The summed E-state index contributed by atoms with van der Waals surface area (Å²) < 4.78 is 5.01. The van der Waals surface area contributed by atoms with Crippen LogP contribution in [0.15, 0.2) is 23.8 Å². The number of carbonyl (C=O) groups is 3. The molecule has 0 amide bonds. The van der Waals surface area contributed by atoms with Crippen LogP contribution in [0.4, 0.5) is 0 Å². The molecule has 6 atom stereocenters. The van der Waals surface area contributed by atoms with E-state index in [-0.39, 0.29) is 54.1 Å². The number of ketones is 2. The minimum atomic E-state index is -1.83. The lowest BCUT2D eigenvalue weighted by molar-refractivity contribution is -0.152. The van der Waals surface area contributed by atoms with Crippen molar-refractivity contribution >= 4 is 17.5 Å². The SMILES string of the molecule is C=C1CC[C@H]2C(C)(C)[C@H](O)CC[C@]2(C)[C@H]1C[C@]1(O)CC(=O)C(COC(=O)C[C@H](C)O)=CC1=O. The fraction of sp³-hybridized carbons (Fsp3) is 0.731. The number of fused-ring (bicyclic) bond motifs is 1. The topological polar surface area (TPSA) is 121 Å². The summed E-state index contributed by atoms with van der Waals surface area (Å²) in [6, 6.07) is 0. The zero-order valence-corrected chi connectivity index (χ0v) is 20.2. The van der Waals surface area contributed by atoms with Gasteiger partial charge in [-0.25, -0.2) is 0 Å². The normalized spacial score (nSPS) is 37.2. The second-order valence-electron chi connectivity index (χ2n) is 11.3. The second kappa shape index (κ2) is 9.08. The van der Waals surface area contributed by atoms with E-state index in [0.29, 0.717) is 6.42 Å². The van der Waals surface area contributed by atoms with E-state index in [0.717, 1.165) is 30.9 Å². The molecule has 0 radical (unpaired) electrons. The quantitative estimate of drug-likeness (QED) is 0.410. The molecule has 0 aromatic carbocycles. The highest BCUT2D eigenvalue weighted by Gasteiger charge is 2.58. The summed E-state index contributed by atoms with van der Waals surface area (Å²) in [4.78, 5) is 37.4. The largest absolute Gasteiger partial charge is 0.461 e. The molecule has 0 aliphatic heterocycles. The van der Waals surface area contributed by atoms with Crippen LogP contribution in [0.1, 0.15) is 72.6 Å². The van der Waals surface area contributed by atoms with Gasteiger partial charge in [-0.2, -0.15) is 0 Å². The van der Waals surface area contributed by atoms with Crippen molar-refractivity contribution in [2.24, 2.45) is 22.7 Å². The molecule has 3 aliphatic carbocycles. The molecule has 0 bridgehead atoms. The van der Waals surface area contributed by atoms with Crippen molar-refractivity contribution in [3.63, 3.8) is 0 Å². The van der Waals surface area contributed by atoms with E-state index in [1.54, 1.807) is 0 Å². The van der Waals surface area contributed by atoms with Crippen LogP contribution in [0, 0.1) is 22.7 Å². The van der Waals surface area contributed by atoms with Gasteiger partial charge in [-0.15, -0.1) is 0 Å². The number of hydrogen-bond donors (Lipinski definition) is 3. The van der Waals surface area contributed by atoms with Gasteiger partial charge in [-0.05, 0) is 67.8 Å². The minimum Gasteiger partial charge on any atom is -0.461 e. The van der Waals surface area contributed by atoms with E-state index in [9.17, 15) is 29.7 Å². The summed E-state index contributed by atoms with van der Waals surface area (Å²) in [5.74, 6) is -1.58. The molecule has 0 spiro atoms. The smallest absolute Gasteiger partial charge is 0.308 e. The first-order valence-corrected chi connectivity index (χ1v) is 11.9. The Morgan fingerprint density at radius 2 is 1.94 bits per heavy atom. The number of carbonyl (C=O) groups excluding carboxylic acids is 3. The van der Waals surface area contributed by atoms with Crippen LogP contribution in [0.3, 0.4) is 0 Å². The Morgan fingerprint density at radius 3 is 2.58 bits per heavy atom. The molecule has 3 aliphatic rings. The summed E-state index contributed by atoms with van der Waals surface area (Å²) >= 11 is 0.